The smallest absolute Gasteiger partial charge is 0.335 e. The van der Waals surface area contributed by atoms with Gasteiger partial charge in [-0.25, -0.2) is 9.59 Å². The summed E-state index contributed by atoms with van der Waals surface area (Å²) >= 11 is 0. The molecule has 0 unspecified atom stereocenters. The predicted octanol–water partition coefficient (Wildman–Crippen LogP) is 4.14. The Morgan fingerprint density at radius 3 is 1.29 bits per heavy atom. The third-order valence-electron chi connectivity index (χ3n) is 3.91. The van der Waals surface area contributed by atoms with Gasteiger partial charge < -0.3 is 10.2 Å². The number of hydrogen-bond acceptors (Lipinski definition) is 6. The van der Waals surface area contributed by atoms with Gasteiger partial charge in [0.1, 0.15) is 0 Å². The van der Waals surface area contributed by atoms with Crippen LogP contribution in [0.5, 0.6) is 0 Å². The highest BCUT2D eigenvalue weighted by atomic mass is 16.4. The minimum Gasteiger partial charge on any atom is -0.478 e. The number of carboxylic acid groups (broad SMARTS) is 2. The van der Waals surface area contributed by atoms with Crippen LogP contribution in [0.4, 0.5) is 11.4 Å². The molecule has 0 saturated heterocycles. The van der Waals surface area contributed by atoms with Crippen LogP contribution in [0, 0.1) is 0 Å². The highest BCUT2D eigenvalue weighted by molar-refractivity contribution is 6.42. The number of anilines is 2. The molecule has 0 fully saturated rings. The number of carboxylic acids is 2. The number of nitrogens with zero attached hydrogens (tertiary/aromatic N) is 2. The van der Waals surface area contributed by atoms with Crippen molar-refractivity contribution in [2.75, 3.05) is 10.9 Å². The molecule has 0 bridgehead atoms. The Balaban J connectivity index is 2.10. The lowest BCUT2D eigenvalue weighted by molar-refractivity contribution is 0.0686. The van der Waals surface area contributed by atoms with E-state index in [0.717, 1.165) is 11.4 Å². The molecule has 2 aromatic carbocycles. The number of hydrogen-bond donors (Lipinski definition) is 4. The molecule has 0 atom stereocenters. The molecule has 0 aliphatic rings. The van der Waals surface area contributed by atoms with Gasteiger partial charge in [-0.1, -0.05) is 13.8 Å². The second kappa shape index (κ2) is 9.86. The predicted molar refractivity (Wildman–Crippen MR) is 110 cm³/mol. The lowest BCUT2D eigenvalue weighted by Gasteiger charge is -2.09. The minimum absolute atomic E-state index is 0.208. The Kier molecular flexibility index (Phi) is 7.27. The van der Waals surface area contributed by atoms with Crippen molar-refractivity contribution in [1.82, 2.24) is 0 Å². The molecule has 0 aliphatic carbocycles. The molecule has 0 radical (unpaired) electrons. The SMILES string of the molecule is CCC(=N/Nc1ccc(C(=O)O)cc1)/C(CC)=N\Nc1ccc(C(=O)O)cc1. The molecule has 2 aromatic rings. The topological polar surface area (TPSA) is 123 Å². The van der Waals surface area contributed by atoms with Gasteiger partial charge in [0.2, 0.25) is 0 Å². The fourth-order valence-corrected chi connectivity index (χ4v) is 2.33. The first-order valence-electron chi connectivity index (χ1n) is 8.76. The summed E-state index contributed by atoms with van der Waals surface area (Å²) in [6.07, 6.45) is 1.29. The summed E-state index contributed by atoms with van der Waals surface area (Å²) in [7, 11) is 0. The zero-order valence-electron chi connectivity index (χ0n) is 15.6. The van der Waals surface area contributed by atoms with E-state index in [9.17, 15) is 9.59 Å². The van der Waals surface area contributed by atoms with Gasteiger partial charge in [-0.3, -0.25) is 10.9 Å². The summed E-state index contributed by atoms with van der Waals surface area (Å²) in [6, 6.07) is 12.6. The monoisotopic (exact) mass is 382 g/mol. The van der Waals surface area contributed by atoms with Crippen molar-refractivity contribution in [1.29, 1.82) is 0 Å². The van der Waals surface area contributed by atoms with Crippen molar-refractivity contribution in [2.45, 2.75) is 26.7 Å². The quantitative estimate of drug-likeness (QED) is 0.382. The first kappa shape index (κ1) is 20.6. The summed E-state index contributed by atoms with van der Waals surface area (Å²) < 4.78 is 0. The van der Waals surface area contributed by atoms with Gasteiger partial charge >= 0.3 is 11.9 Å². The van der Waals surface area contributed by atoms with E-state index in [2.05, 4.69) is 21.1 Å². The van der Waals surface area contributed by atoms with E-state index in [4.69, 9.17) is 10.2 Å². The van der Waals surface area contributed by atoms with Crippen LogP contribution >= 0.6 is 0 Å². The maximum atomic E-state index is 10.9. The standard InChI is InChI=1S/C20H22N4O4/c1-3-17(23-21-15-9-5-13(6-10-15)19(25)26)18(4-2)24-22-16-11-7-14(8-12-16)20(27)28/h5-12,21-22H,3-4H2,1-2H3,(H,25,26)(H,27,28)/b23-17-,24-18-. The third kappa shape index (κ3) is 5.66. The second-order valence-corrected chi connectivity index (χ2v) is 5.81. The first-order chi connectivity index (χ1) is 13.4. The minimum atomic E-state index is -0.979. The molecule has 4 N–H and O–H groups in total. The van der Waals surface area contributed by atoms with E-state index in [1.54, 1.807) is 24.3 Å². The Labute approximate surface area is 162 Å². The summed E-state index contributed by atoms with van der Waals surface area (Å²) in [5.41, 5.74) is 9.09. The molecule has 8 heteroatoms. The Hall–Kier alpha value is -3.68. The van der Waals surface area contributed by atoms with E-state index in [1.165, 1.54) is 24.3 Å². The maximum Gasteiger partial charge on any atom is 0.335 e. The first-order valence-corrected chi connectivity index (χ1v) is 8.76. The van der Waals surface area contributed by atoms with Crippen molar-refractivity contribution >= 4 is 34.7 Å². The normalized spacial score (nSPS) is 11.8. The average molecular weight is 382 g/mol. The van der Waals surface area contributed by atoms with E-state index in [1.807, 2.05) is 13.8 Å². The molecule has 0 saturated carbocycles. The van der Waals surface area contributed by atoms with Crippen molar-refractivity contribution in [3.05, 3.63) is 59.7 Å². The van der Waals surface area contributed by atoms with Gasteiger partial charge in [-0.05, 0) is 61.4 Å². The van der Waals surface area contributed by atoms with Crippen LogP contribution in [0.2, 0.25) is 0 Å². The van der Waals surface area contributed by atoms with Crippen molar-refractivity contribution in [3.63, 3.8) is 0 Å². The highest BCUT2D eigenvalue weighted by Crippen LogP contribution is 2.12. The second-order valence-electron chi connectivity index (χ2n) is 5.81. The lowest BCUT2D eigenvalue weighted by Crippen LogP contribution is -2.16. The number of aromatic carboxylic acids is 2. The van der Waals surface area contributed by atoms with Gasteiger partial charge in [0, 0.05) is 0 Å². The molecule has 0 spiro atoms. The van der Waals surface area contributed by atoms with E-state index >= 15 is 0 Å². The average Bonchev–Trinajstić information content (AvgIpc) is 2.71. The maximum absolute atomic E-state index is 10.9. The fraction of sp³-hybridized carbons (Fsp3) is 0.200. The number of hydrazone groups is 2. The molecule has 2 rings (SSSR count). The van der Waals surface area contributed by atoms with Gasteiger partial charge in [0.15, 0.2) is 0 Å². The number of rotatable bonds is 9. The van der Waals surface area contributed by atoms with Crippen molar-refractivity contribution in [3.8, 4) is 0 Å². The fourth-order valence-electron chi connectivity index (χ4n) is 2.33. The third-order valence-corrected chi connectivity index (χ3v) is 3.91. The molecule has 146 valence electrons. The van der Waals surface area contributed by atoms with E-state index < -0.39 is 11.9 Å². The van der Waals surface area contributed by atoms with Gasteiger partial charge in [0.25, 0.3) is 0 Å². The molecule has 0 aromatic heterocycles. The summed E-state index contributed by atoms with van der Waals surface area (Å²) in [5, 5.41) is 26.6. The lowest BCUT2D eigenvalue weighted by atomic mass is 10.1. The van der Waals surface area contributed by atoms with E-state index in [0.29, 0.717) is 24.2 Å². The van der Waals surface area contributed by atoms with Crippen molar-refractivity contribution < 1.29 is 19.8 Å². The summed E-state index contributed by atoms with van der Waals surface area (Å²) in [6.45, 7) is 3.92. The molecule has 8 nitrogen and oxygen atoms in total. The van der Waals surface area contributed by atoms with Gasteiger partial charge in [-0.2, -0.15) is 10.2 Å². The summed E-state index contributed by atoms with van der Waals surface area (Å²) in [5.74, 6) is -1.96. The van der Waals surface area contributed by atoms with Crippen LogP contribution in [-0.4, -0.2) is 33.6 Å². The Morgan fingerprint density at radius 1 is 0.714 bits per heavy atom. The number of carbonyl (C=O) groups is 2. The van der Waals surface area contributed by atoms with Gasteiger partial charge in [0.05, 0.1) is 33.9 Å². The molecular formula is C20H22N4O4. The highest BCUT2D eigenvalue weighted by Gasteiger charge is 2.07. The van der Waals surface area contributed by atoms with Crippen LogP contribution in [0.15, 0.2) is 58.7 Å². The Morgan fingerprint density at radius 2 is 1.04 bits per heavy atom. The van der Waals surface area contributed by atoms with Crippen LogP contribution < -0.4 is 10.9 Å². The molecule has 0 heterocycles. The van der Waals surface area contributed by atoms with Gasteiger partial charge in [-0.15, -0.1) is 0 Å². The van der Waals surface area contributed by atoms with Crippen LogP contribution in [0.1, 0.15) is 47.4 Å². The zero-order valence-corrected chi connectivity index (χ0v) is 15.6. The van der Waals surface area contributed by atoms with Crippen LogP contribution in [0.25, 0.3) is 0 Å². The zero-order chi connectivity index (χ0) is 20.5. The van der Waals surface area contributed by atoms with Crippen LogP contribution in [-0.2, 0) is 0 Å². The van der Waals surface area contributed by atoms with Crippen molar-refractivity contribution in [2.24, 2.45) is 10.2 Å². The van der Waals surface area contributed by atoms with E-state index in [-0.39, 0.29) is 11.1 Å². The largest absolute Gasteiger partial charge is 0.478 e. The van der Waals surface area contributed by atoms with Crippen LogP contribution in [0.3, 0.4) is 0 Å². The molecule has 28 heavy (non-hydrogen) atoms. The molecular weight excluding hydrogens is 360 g/mol. The number of nitrogens with one attached hydrogen (secondary N) is 2. The molecule has 0 amide bonds. The summed E-state index contributed by atoms with van der Waals surface area (Å²) in [4.78, 5) is 21.8. The molecule has 0 aliphatic heterocycles. The Bertz CT molecular complexity index is 812. The number of benzene rings is 2.